The molecule has 5 heteroatoms. The minimum Gasteiger partial charge on any atom is -0.469 e. The van der Waals surface area contributed by atoms with Crippen molar-refractivity contribution in [2.45, 2.75) is 18.4 Å². The molecule has 2 aliphatic rings. The molecule has 1 aromatic carbocycles. The number of rotatable bonds is 5. The summed E-state index contributed by atoms with van der Waals surface area (Å²) in [4.78, 5) is 16.8. The van der Waals surface area contributed by atoms with Crippen LogP contribution in [0.1, 0.15) is 29.8 Å². The maximum Gasteiger partial charge on any atom is 0.226 e. The first-order valence-electron chi connectivity index (χ1n) is 9.00. The molecule has 2 fully saturated rings. The molecule has 3 atom stereocenters. The number of hydrogen-bond donors (Lipinski definition) is 1. The van der Waals surface area contributed by atoms with E-state index in [1.807, 2.05) is 47.4 Å². The van der Waals surface area contributed by atoms with Gasteiger partial charge in [0.15, 0.2) is 0 Å². The summed E-state index contributed by atoms with van der Waals surface area (Å²) in [5, 5.41) is 10.4. The van der Waals surface area contributed by atoms with E-state index in [0.29, 0.717) is 6.54 Å². The standard InChI is InChI=1S/C20H24N2O3/c23-18(15-5-2-1-3-6-15)14-21-8-10-22(11-9-21)20(24)17-13-16(17)19-7-4-12-25-19/h1-7,12,16-18,23H,8-11,13-14H2/t16-,17+,18+/m0/s1. The van der Waals surface area contributed by atoms with E-state index in [1.165, 1.54) is 0 Å². The monoisotopic (exact) mass is 340 g/mol. The predicted octanol–water partition coefficient (Wildman–Crippen LogP) is 2.26. The molecule has 5 nitrogen and oxygen atoms in total. The first kappa shape index (κ1) is 16.4. The third kappa shape index (κ3) is 3.62. The zero-order valence-corrected chi connectivity index (χ0v) is 14.3. The van der Waals surface area contributed by atoms with E-state index in [2.05, 4.69) is 4.90 Å². The van der Waals surface area contributed by atoms with Gasteiger partial charge in [-0.1, -0.05) is 30.3 Å². The molecule has 0 radical (unpaired) electrons. The second-order valence-electron chi connectivity index (χ2n) is 7.02. The van der Waals surface area contributed by atoms with Crippen molar-refractivity contribution >= 4 is 5.91 Å². The summed E-state index contributed by atoms with van der Waals surface area (Å²) < 4.78 is 5.42. The van der Waals surface area contributed by atoms with Crippen LogP contribution in [0.2, 0.25) is 0 Å². The molecule has 0 bridgehead atoms. The van der Waals surface area contributed by atoms with Crippen molar-refractivity contribution < 1.29 is 14.3 Å². The molecule has 25 heavy (non-hydrogen) atoms. The number of hydrogen-bond acceptors (Lipinski definition) is 4. The Balaban J connectivity index is 1.25. The number of piperazine rings is 1. The number of β-amino-alcohol motifs (C(OH)–C–C–N with tert-alkyl or cyclic N) is 1. The lowest BCUT2D eigenvalue weighted by Gasteiger charge is -2.35. The largest absolute Gasteiger partial charge is 0.469 e. The Labute approximate surface area is 147 Å². The molecule has 4 rings (SSSR count). The van der Waals surface area contributed by atoms with E-state index in [4.69, 9.17) is 4.42 Å². The minimum absolute atomic E-state index is 0.0904. The number of amides is 1. The summed E-state index contributed by atoms with van der Waals surface area (Å²) in [6.07, 6.45) is 2.10. The maximum absolute atomic E-state index is 12.6. The first-order chi connectivity index (χ1) is 12.2. The van der Waals surface area contributed by atoms with Crippen LogP contribution in [0, 0.1) is 5.92 Å². The fourth-order valence-corrected chi connectivity index (χ4v) is 3.70. The van der Waals surface area contributed by atoms with Crippen molar-refractivity contribution in [3.8, 4) is 0 Å². The summed E-state index contributed by atoms with van der Waals surface area (Å²) in [6, 6.07) is 13.6. The van der Waals surface area contributed by atoms with Gasteiger partial charge in [0.05, 0.1) is 12.4 Å². The Bertz CT molecular complexity index is 693. The summed E-state index contributed by atoms with van der Waals surface area (Å²) in [6.45, 7) is 3.72. The van der Waals surface area contributed by atoms with Crippen LogP contribution in [0.25, 0.3) is 0 Å². The Hall–Kier alpha value is -2.11. The Morgan fingerprint density at radius 2 is 1.88 bits per heavy atom. The highest BCUT2D eigenvalue weighted by atomic mass is 16.3. The second kappa shape index (κ2) is 7.02. The molecule has 1 saturated heterocycles. The highest BCUT2D eigenvalue weighted by Crippen LogP contribution is 2.48. The van der Waals surface area contributed by atoms with Crippen LogP contribution in [0.15, 0.2) is 53.1 Å². The van der Waals surface area contributed by atoms with E-state index in [-0.39, 0.29) is 17.7 Å². The van der Waals surface area contributed by atoms with Gasteiger partial charge in [-0.25, -0.2) is 0 Å². The minimum atomic E-state index is -0.477. The number of nitrogens with zero attached hydrogens (tertiary/aromatic N) is 2. The maximum atomic E-state index is 12.6. The summed E-state index contributed by atoms with van der Waals surface area (Å²) in [5.41, 5.74) is 0.945. The number of carbonyl (C=O) groups excluding carboxylic acids is 1. The van der Waals surface area contributed by atoms with Gasteiger partial charge in [0.2, 0.25) is 5.91 Å². The first-order valence-corrected chi connectivity index (χ1v) is 9.00. The third-order valence-corrected chi connectivity index (χ3v) is 5.32. The molecule has 1 aliphatic carbocycles. The molecule has 1 aromatic heterocycles. The van der Waals surface area contributed by atoms with Gasteiger partial charge in [0.1, 0.15) is 5.76 Å². The van der Waals surface area contributed by atoms with Gasteiger partial charge in [0.25, 0.3) is 0 Å². The van der Waals surface area contributed by atoms with Crippen LogP contribution in [0.5, 0.6) is 0 Å². The fraction of sp³-hybridized carbons (Fsp3) is 0.450. The Kier molecular flexibility index (Phi) is 4.59. The molecule has 2 heterocycles. The van der Waals surface area contributed by atoms with Crippen molar-refractivity contribution in [3.63, 3.8) is 0 Å². The van der Waals surface area contributed by atoms with E-state index in [1.54, 1.807) is 6.26 Å². The van der Waals surface area contributed by atoms with Gasteiger partial charge < -0.3 is 14.4 Å². The van der Waals surface area contributed by atoms with Crippen LogP contribution >= 0.6 is 0 Å². The fourth-order valence-electron chi connectivity index (χ4n) is 3.70. The second-order valence-corrected chi connectivity index (χ2v) is 7.02. The van der Waals surface area contributed by atoms with Gasteiger partial charge in [-0.05, 0) is 24.1 Å². The zero-order chi connectivity index (χ0) is 17.2. The molecular formula is C20H24N2O3. The van der Waals surface area contributed by atoms with Crippen molar-refractivity contribution in [2.75, 3.05) is 32.7 Å². The number of aliphatic hydroxyl groups is 1. The molecule has 2 aromatic rings. The average Bonchev–Trinajstić information content (AvgIpc) is 3.27. The SMILES string of the molecule is O=C([C@@H]1C[C@@H]1c1ccco1)N1CCN(C[C@@H](O)c2ccccc2)CC1. The zero-order valence-electron chi connectivity index (χ0n) is 14.3. The molecule has 1 amide bonds. The molecule has 0 spiro atoms. The third-order valence-electron chi connectivity index (χ3n) is 5.32. The predicted molar refractivity (Wildman–Crippen MR) is 94.0 cm³/mol. The molecule has 132 valence electrons. The van der Waals surface area contributed by atoms with Gasteiger partial charge >= 0.3 is 0 Å². The van der Waals surface area contributed by atoms with Gasteiger partial charge in [-0.15, -0.1) is 0 Å². The lowest BCUT2D eigenvalue weighted by Crippen LogP contribution is -2.50. The van der Waals surface area contributed by atoms with Gasteiger partial charge in [-0.2, -0.15) is 0 Å². The number of benzene rings is 1. The summed E-state index contributed by atoms with van der Waals surface area (Å²) >= 11 is 0. The normalized spacial score (nSPS) is 24.9. The van der Waals surface area contributed by atoms with E-state index >= 15 is 0 Å². The van der Waals surface area contributed by atoms with E-state index < -0.39 is 6.10 Å². The molecule has 1 saturated carbocycles. The number of aliphatic hydroxyl groups excluding tert-OH is 1. The molecule has 1 N–H and O–H groups in total. The van der Waals surface area contributed by atoms with Gasteiger partial charge in [0, 0.05) is 44.6 Å². The molecular weight excluding hydrogens is 316 g/mol. The van der Waals surface area contributed by atoms with E-state index in [0.717, 1.165) is 43.9 Å². The van der Waals surface area contributed by atoms with Crippen LogP contribution < -0.4 is 0 Å². The topological polar surface area (TPSA) is 56.9 Å². The highest BCUT2D eigenvalue weighted by Gasteiger charge is 2.47. The molecule has 1 aliphatic heterocycles. The highest BCUT2D eigenvalue weighted by molar-refractivity contribution is 5.83. The van der Waals surface area contributed by atoms with Crippen molar-refractivity contribution in [3.05, 3.63) is 60.1 Å². The summed E-state index contributed by atoms with van der Waals surface area (Å²) in [5.74, 6) is 1.54. The smallest absolute Gasteiger partial charge is 0.226 e. The van der Waals surface area contributed by atoms with Crippen LogP contribution in [-0.2, 0) is 4.79 Å². The van der Waals surface area contributed by atoms with Gasteiger partial charge in [-0.3, -0.25) is 9.69 Å². The lowest BCUT2D eigenvalue weighted by atomic mass is 10.1. The Morgan fingerprint density at radius 3 is 2.56 bits per heavy atom. The van der Waals surface area contributed by atoms with Crippen molar-refractivity contribution in [1.29, 1.82) is 0 Å². The summed E-state index contributed by atoms with van der Waals surface area (Å²) in [7, 11) is 0. The quantitative estimate of drug-likeness (QED) is 0.907. The lowest BCUT2D eigenvalue weighted by molar-refractivity contribution is -0.134. The van der Waals surface area contributed by atoms with Crippen LogP contribution in [0.4, 0.5) is 0 Å². The number of furan rings is 1. The molecule has 0 unspecified atom stereocenters. The van der Waals surface area contributed by atoms with E-state index in [9.17, 15) is 9.90 Å². The van der Waals surface area contributed by atoms with Crippen molar-refractivity contribution in [1.82, 2.24) is 9.80 Å². The average molecular weight is 340 g/mol. The van der Waals surface area contributed by atoms with Crippen molar-refractivity contribution in [2.24, 2.45) is 5.92 Å². The van der Waals surface area contributed by atoms with Crippen LogP contribution in [-0.4, -0.2) is 53.5 Å². The van der Waals surface area contributed by atoms with Crippen LogP contribution in [0.3, 0.4) is 0 Å². The Morgan fingerprint density at radius 1 is 1.12 bits per heavy atom. The number of carbonyl (C=O) groups is 1.